The van der Waals surface area contributed by atoms with Crippen molar-refractivity contribution in [3.8, 4) is 5.75 Å². The van der Waals surface area contributed by atoms with Gasteiger partial charge in [-0.05, 0) is 31.5 Å². The average molecular weight is 273 g/mol. The van der Waals surface area contributed by atoms with E-state index in [2.05, 4.69) is 22.9 Å². The van der Waals surface area contributed by atoms with Crippen LogP contribution in [0.5, 0.6) is 5.75 Å². The molecular weight excluding hydrogens is 256 g/mol. The van der Waals surface area contributed by atoms with E-state index < -0.39 is 6.10 Å². The molecule has 2 nitrogen and oxygen atoms in total. The lowest BCUT2D eigenvalue weighted by Crippen LogP contribution is -2.02. The smallest absolute Gasteiger partial charge is 0.125 e. The highest BCUT2D eigenvalue weighted by atomic mass is 79.9. The molecule has 1 aromatic rings. The third kappa shape index (κ3) is 3.84. The predicted octanol–water partition coefficient (Wildman–Crippen LogP) is 3.68. The second-order valence-electron chi connectivity index (χ2n) is 3.56. The molecule has 0 fully saturated rings. The molecule has 15 heavy (non-hydrogen) atoms. The predicted molar refractivity (Wildman–Crippen MR) is 65.2 cm³/mol. The molecule has 0 aromatic heterocycles. The zero-order chi connectivity index (χ0) is 11.3. The number of benzene rings is 1. The van der Waals surface area contributed by atoms with E-state index in [9.17, 15) is 5.11 Å². The minimum atomic E-state index is -0.501. The van der Waals surface area contributed by atoms with Crippen molar-refractivity contribution in [3.63, 3.8) is 0 Å². The van der Waals surface area contributed by atoms with Gasteiger partial charge in [-0.1, -0.05) is 29.3 Å². The molecule has 0 heterocycles. The second-order valence-corrected chi connectivity index (χ2v) is 4.48. The number of hydrogen-bond donors (Lipinski definition) is 1. The molecule has 1 unspecified atom stereocenters. The molecule has 0 saturated heterocycles. The first-order chi connectivity index (χ1) is 7.15. The molecule has 0 aliphatic rings. The molecule has 1 aromatic carbocycles. The van der Waals surface area contributed by atoms with Crippen LogP contribution < -0.4 is 4.74 Å². The van der Waals surface area contributed by atoms with Gasteiger partial charge in [-0.15, -0.1) is 0 Å². The fraction of sp³-hybridized carbons (Fsp3) is 0.500. The number of aliphatic hydroxyl groups excluding tert-OH is 1. The lowest BCUT2D eigenvalue weighted by Gasteiger charge is -2.13. The standard InChI is InChI=1S/C12H17BrO2/c1-3-4-7-15-12-6-5-10(13)8-11(12)9(2)14/h5-6,8-9,14H,3-4,7H2,1-2H3. The van der Waals surface area contributed by atoms with Crippen molar-refractivity contribution in [3.05, 3.63) is 28.2 Å². The van der Waals surface area contributed by atoms with Gasteiger partial charge in [-0.25, -0.2) is 0 Å². The van der Waals surface area contributed by atoms with Crippen molar-refractivity contribution < 1.29 is 9.84 Å². The first kappa shape index (κ1) is 12.5. The van der Waals surface area contributed by atoms with E-state index in [-0.39, 0.29) is 0 Å². The van der Waals surface area contributed by atoms with Gasteiger partial charge in [0, 0.05) is 10.0 Å². The Morgan fingerprint density at radius 2 is 2.20 bits per heavy atom. The molecule has 1 atom stereocenters. The first-order valence-corrected chi connectivity index (χ1v) is 6.04. The zero-order valence-corrected chi connectivity index (χ0v) is 10.8. The summed E-state index contributed by atoms with van der Waals surface area (Å²) in [6, 6.07) is 5.71. The number of aliphatic hydroxyl groups is 1. The number of unbranched alkanes of at least 4 members (excludes halogenated alkanes) is 1. The second kappa shape index (κ2) is 6.13. The quantitative estimate of drug-likeness (QED) is 0.829. The molecule has 0 saturated carbocycles. The average Bonchev–Trinajstić information content (AvgIpc) is 2.20. The molecule has 1 rings (SSSR count). The van der Waals surface area contributed by atoms with E-state index in [4.69, 9.17) is 4.74 Å². The molecule has 0 aliphatic carbocycles. The summed E-state index contributed by atoms with van der Waals surface area (Å²) in [5, 5.41) is 9.58. The lowest BCUT2D eigenvalue weighted by atomic mass is 10.1. The van der Waals surface area contributed by atoms with E-state index in [1.165, 1.54) is 0 Å². The summed E-state index contributed by atoms with van der Waals surface area (Å²) in [4.78, 5) is 0. The number of ether oxygens (including phenoxy) is 1. The van der Waals surface area contributed by atoms with Crippen molar-refractivity contribution in [2.75, 3.05) is 6.61 Å². The van der Waals surface area contributed by atoms with Crippen LogP contribution >= 0.6 is 15.9 Å². The van der Waals surface area contributed by atoms with Gasteiger partial charge in [-0.2, -0.15) is 0 Å². The third-order valence-electron chi connectivity index (χ3n) is 2.18. The number of halogens is 1. The van der Waals surface area contributed by atoms with Crippen LogP contribution in [0, 0.1) is 0 Å². The topological polar surface area (TPSA) is 29.5 Å². The third-order valence-corrected chi connectivity index (χ3v) is 2.67. The van der Waals surface area contributed by atoms with Crippen LogP contribution in [0.3, 0.4) is 0 Å². The molecule has 3 heteroatoms. The summed E-state index contributed by atoms with van der Waals surface area (Å²) in [6.07, 6.45) is 1.65. The van der Waals surface area contributed by atoms with Crippen molar-refractivity contribution in [2.45, 2.75) is 32.8 Å². The Kier molecular flexibility index (Phi) is 5.12. The minimum absolute atomic E-state index is 0.501. The van der Waals surface area contributed by atoms with Crippen molar-refractivity contribution in [1.29, 1.82) is 0 Å². The van der Waals surface area contributed by atoms with Crippen LogP contribution in [0.25, 0.3) is 0 Å². The summed E-state index contributed by atoms with van der Waals surface area (Å²) < 4.78 is 6.57. The van der Waals surface area contributed by atoms with Crippen LogP contribution in [0.4, 0.5) is 0 Å². The maximum absolute atomic E-state index is 9.58. The summed E-state index contributed by atoms with van der Waals surface area (Å²) in [5.41, 5.74) is 0.834. The number of rotatable bonds is 5. The highest BCUT2D eigenvalue weighted by Crippen LogP contribution is 2.28. The van der Waals surface area contributed by atoms with Crippen molar-refractivity contribution in [1.82, 2.24) is 0 Å². The maximum atomic E-state index is 9.58. The van der Waals surface area contributed by atoms with E-state index >= 15 is 0 Å². The number of hydrogen-bond acceptors (Lipinski definition) is 2. The Labute approximate surface area is 99.4 Å². The molecule has 0 spiro atoms. The van der Waals surface area contributed by atoms with Gasteiger partial charge in [0.05, 0.1) is 12.7 Å². The van der Waals surface area contributed by atoms with Gasteiger partial charge < -0.3 is 9.84 Å². The monoisotopic (exact) mass is 272 g/mol. The Morgan fingerprint density at radius 3 is 2.80 bits per heavy atom. The summed E-state index contributed by atoms with van der Waals surface area (Å²) in [7, 11) is 0. The van der Waals surface area contributed by atoms with Crippen molar-refractivity contribution in [2.24, 2.45) is 0 Å². The van der Waals surface area contributed by atoms with Crippen LogP contribution in [0.15, 0.2) is 22.7 Å². The normalized spacial score (nSPS) is 12.5. The largest absolute Gasteiger partial charge is 0.493 e. The van der Waals surface area contributed by atoms with Gasteiger partial charge in [-0.3, -0.25) is 0 Å². The molecule has 0 bridgehead atoms. The fourth-order valence-corrected chi connectivity index (χ4v) is 1.68. The molecule has 1 N–H and O–H groups in total. The molecule has 0 aliphatic heterocycles. The minimum Gasteiger partial charge on any atom is -0.493 e. The molecule has 0 radical (unpaired) electrons. The molecule has 84 valence electrons. The Morgan fingerprint density at radius 1 is 1.47 bits per heavy atom. The molecule has 0 amide bonds. The highest BCUT2D eigenvalue weighted by Gasteiger charge is 2.09. The summed E-state index contributed by atoms with van der Waals surface area (Å²) >= 11 is 3.38. The fourth-order valence-electron chi connectivity index (χ4n) is 1.30. The van der Waals surface area contributed by atoms with Gasteiger partial charge in [0.2, 0.25) is 0 Å². The van der Waals surface area contributed by atoms with Crippen molar-refractivity contribution >= 4 is 15.9 Å². The van der Waals surface area contributed by atoms with E-state index in [0.29, 0.717) is 6.61 Å². The SMILES string of the molecule is CCCCOc1ccc(Br)cc1C(C)O. The van der Waals surface area contributed by atoms with Crippen LogP contribution in [0.1, 0.15) is 38.4 Å². The van der Waals surface area contributed by atoms with E-state index in [1.54, 1.807) is 6.92 Å². The van der Waals surface area contributed by atoms with Crippen LogP contribution in [0.2, 0.25) is 0 Å². The highest BCUT2D eigenvalue weighted by molar-refractivity contribution is 9.10. The van der Waals surface area contributed by atoms with Crippen LogP contribution in [-0.4, -0.2) is 11.7 Å². The zero-order valence-electron chi connectivity index (χ0n) is 9.16. The summed E-state index contributed by atoms with van der Waals surface area (Å²) in [6.45, 7) is 4.58. The van der Waals surface area contributed by atoms with Gasteiger partial charge >= 0.3 is 0 Å². The Balaban J connectivity index is 2.77. The maximum Gasteiger partial charge on any atom is 0.125 e. The van der Waals surface area contributed by atoms with E-state index in [0.717, 1.165) is 28.6 Å². The molecular formula is C12H17BrO2. The van der Waals surface area contributed by atoms with Gasteiger partial charge in [0.1, 0.15) is 5.75 Å². The van der Waals surface area contributed by atoms with Crippen LogP contribution in [-0.2, 0) is 0 Å². The lowest BCUT2D eigenvalue weighted by molar-refractivity contribution is 0.191. The Bertz CT molecular complexity index is 310. The van der Waals surface area contributed by atoms with Gasteiger partial charge in [0.25, 0.3) is 0 Å². The first-order valence-electron chi connectivity index (χ1n) is 5.25. The van der Waals surface area contributed by atoms with Gasteiger partial charge in [0.15, 0.2) is 0 Å². The van der Waals surface area contributed by atoms with E-state index in [1.807, 2.05) is 18.2 Å². The summed E-state index contributed by atoms with van der Waals surface area (Å²) in [5.74, 6) is 0.779. The Hall–Kier alpha value is -0.540.